The number of hydrogen-bond donors (Lipinski definition) is 3. The molecule has 7 rings (SSSR count). The van der Waals surface area contributed by atoms with E-state index >= 15 is 0 Å². The second-order valence-electron chi connectivity index (χ2n) is 11.1. The first-order valence-electron chi connectivity index (χ1n) is 14.0. The van der Waals surface area contributed by atoms with Crippen LogP contribution in [0.4, 0.5) is 26.2 Å². The fourth-order valence-corrected chi connectivity index (χ4v) is 5.60. The number of rotatable bonds is 7. The summed E-state index contributed by atoms with van der Waals surface area (Å²) in [7, 11) is 2.13. The zero-order chi connectivity index (χ0) is 28.8. The van der Waals surface area contributed by atoms with Crippen LogP contribution in [-0.4, -0.2) is 86.1 Å². The SMILES string of the molecule is CN1CCN(c2ccc(Nc3ncc4c(-c5ccn6ncc(C(=O)NCC7CC(F)(F)C7)c6c5)c[nH]c4n3)cn2)CC1. The molecule has 0 bridgehead atoms. The number of anilines is 3. The van der Waals surface area contributed by atoms with Crippen molar-refractivity contribution in [3.8, 4) is 11.1 Å². The predicted octanol–water partition coefficient (Wildman–Crippen LogP) is 3.94. The molecule has 1 saturated carbocycles. The highest BCUT2D eigenvalue weighted by molar-refractivity contribution is 6.02. The van der Waals surface area contributed by atoms with Crippen molar-refractivity contribution < 1.29 is 13.6 Å². The van der Waals surface area contributed by atoms with Crippen LogP contribution in [0, 0.1) is 5.92 Å². The molecule has 0 spiro atoms. The van der Waals surface area contributed by atoms with Crippen LogP contribution in [0.25, 0.3) is 27.7 Å². The van der Waals surface area contributed by atoms with E-state index in [-0.39, 0.29) is 31.2 Å². The Balaban J connectivity index is 1.06. The molecule has 1 aliphatic heterocycles. The van der Waals surface area contributed by atoms with E-state index in [0.29, 0.717) is 22.7 Å². The predicted molar refractivity (Wildman–Crippen MR) is 155 cm³/mol. The van der Waals surface area contributed by atoms with Crippen LogP contribution in [0.2, 0.25) is 0 Å². The number of piperazine rings is 1. The van der Waals surface area contributed by atoms with E-state index in [4.69, 9.17) is 0 Å². The molecular weight excluding hydrogens is 542 g/mol. The van der Waals surface area contributed by atoms with Gasteiger partial charge >= 0.3 is 0 Å². The summed E-state index contributed by atoms with van der Waals surface area (Å²) in [6.07, 6.45) is 8.30. The highest BCUT2D eigenvalue weighted by Crippen LogP contribution is 2.41. The lowest BCUT2D eigenvalue weighted by Crippen LogP contribution is -2.44. The number of hydrogen-bond acceptors (Lipinski definition) is 8. The minimum absolute atomic E-state index is 0.188. The quantitative estimate of drug-likeness (QED) is 0.268. The first kappa shape index (κ1) is 26.3. The van der Waals surface area contributed by atoms with Crippen molar-refractivity contribution >= 4 is 39.9 Å². The molecule has 13 heteroatoms. The Kier molecular flexibility index (Phi) is 6.45. The highest BCUT2D eigenvalue weighted by atomic mass is 19.3. The lowest BCUT2D eigenvalue weighted by molar-refractivity contribution is -0.108. The molecule has 3 N–H and O–H groups in total. The van der Waals surface area contributed by atoms with Crippen LogP contribution in [0.3, 0.4) is 0 Å². The summed E-state index contributed by atoms with van der Waals surface area (Å²) in [6.45, 7) is 4.17. The van der Waals surface area contributed by atoms with Crippen LogP contribution in [0.1, 0.15) is 23.2 Å². The largest absolute Gasteiger partial charge is 0.354 e. The third kappa shape index (κ3) is 5.11. The van der Waals surface area contributed by atoms with E-state index in [1.165, 1.54) is 6.20 Å². The van der Waals surface area contributed by atoms with E-state index in [2.05, 4.69) is 52.5 Å². The maximum atomic E-state index is 13.1. The van der Waals surface area contributed by atoms with Gasteiger partial charge in [-0.1, -0.05) is 0 Å². The second-order valence-corrected chi connectivity index (χ2v) is 11.1. The van der Waals surface area contributed by atoms with Gasteiger partial charge in [0.25, 0.3) is 5.91 Å². The summed E-state index contributed by atoms with van der Waals surface area (Å²) in [5.74, 6) is -1.74. The molecule has 5 aromatic heterocycles. The summed E-state index contributed by atoms with van der Waals surface area (Å²) < 4.78 is 27.9. The third-order valence-electron chi connectivity index (χ3n) is 8.07. The maximum absolute atomic E-state index is 13.1. The lowest BCUT2D eigenvalue weighted by Gasteiger charge is -2.34. The van der Waals surface area contributed by atoms with Gasteiger partial charge in [0.15, 0.2) is 0 Å². The molecule has 5 aromatic rings. The van der Waals surface area contributed by atoms with Crippen molar-refractivity contribution in [2.75, 3.05) is 50.0 Å². The molecule has 2 fully saturated rings. The zero-order valence-corrected chi connectivity index (χ0v) is 23.0. The number of nitrogens with zero attached hydrogens (tertiary/aromatic N) is 7. The minimum Gasteiger partial charge on any atom is -0.354 e. The number of pyridine rings is 2. The van der Waals surface area contributed by atoms with E-state index < -0.39 is 5.92 Å². The Morgan fingerprint density at radius 1 is 1.10 bits per heavy atom. The van der Waals surface area contributed by atoms with E-state index in [1.807, 2.05) is 30.5 Å². The van der Waals surface area contributed by atoms with Crippen LogP contribution >= 0.6 is 0 Å². The minimum atomic E-state index is -2.61. The number of likely N-dealkylation sites (N-methyl/N-ethyl adjacent to an activating group) is 1. The lowest BCUT2D eigenvalue weighted by atomic mass is 9.81. The van der Waals surface area contributed by atoms with Crippen LogP contribution in [-0.2, 0) is 0 Å². The molecule has 6 heterocycles. The van der Waals surface area contributed by atoms with Crippen LogP contribution in [0.5, 0.6) is 0 Å². The first-order valence-corrected chi connectivity index (χ1v) is 14.0. The van der Waals surface area contributed by atoms with Gasteiger partial charge < -0.3 is 25.4 Å². The van der Waals surface area contributed by atoms with Gasteiger partial charge in [0.05, 0.1) is 29.2 Å². The molecule has 42 heavy (non-hydrogen) atoms. The fourth-order valence-electron chi connectivity index (χ4n) is 5.60. The molecule has 11 nitrogen and oxygen atoms in total. The number of amides is 1. The summed E-state index contributed by atoms with van der Waals surface area (Å²) in [5.41, 5.74) is 4.19. The molecule has 1 saturated heterocycles. The van der Waals surface area contributed by atoms with Gasteiger partial charge in [-0.25, -0.2) is 23.3 Å². The molecule has 216 valence electrons. The Hall–Kier alpha value is -4.65. The fraction of sp³-hybridized carbons (Fsp3) is 0.345. The van der Waals surface area contributed by atoms with Gasteiger partial charge in [-0.05, 0) is 42.8 Å². The third-order valence-corrected chi connectivity index (χ3v) is 8.07. The topological polar surface area (TPSA) is 119 Å². The average molecular weight is 573 g/mol. The van der Waals surface area contributed by atoms with Gasteiger partial charge in [0.2, 0.25) is 11.9 Å². The highest BCUT2D eigenvalue weighted by Gasteiger charge is 2.45. The normalized spacial score (nSPS) is 17.5. The van der Waals surface area contributed by atoms with Gasteiger partial charge in [-0.2, -0.15) is 10.1 Å². The molecule has 0 aromatic carbocycles. The number of alkyl halides is 2. The monoisotopic (exact) mass is 572 g/mol. The molecule has 0 unspecified atom stereocenters. The van der Waals surface area contributed by atoms with Crippen molar-refractivity contribution in [2.45, 2.75) is 18.8 Å². The summed E-state index contributed by atoms with van der Waals surface area (Å²) in [6, 6.07) is 7.76. The molecule has 1 aliphatic carbocycles. The standard InChI is InChI=1S/C29H30F2N10O/c1-39-6-8-40(9-7-39)25-3-2-20(14-32-25)37-28-35-16-22-21(15-33-26(22)38-28)19-4-5-41-24(10-19)23(17-36-41)27(42)34-13-18-11-29(30,31)12-18/h2-5,10,14-18H,6-9,11-13H2,1H3,(H,34,42)(H2,33,35,37,38). The number of halogens is 2. The molecule has 0 radical (unpaired) electrons. The number of carbonyl (C=O) groups excluding carboxylic acids is 1. The Bertz CT molecular complexity index is 1750. The number of aromatic nitrogens is 6. The Morgan fingerprint density at radius 2 is 1.93 bits per heavy atom. The van der Waals surface area contributed by atoms with Gasteiger partial charge in [0.1, 0.15) is 11.5 Å². The Morgan fingerprint density at radius 3 is 2.69 bits per heavy atom. The van der Waals surface area contributed by atoms with Crippen molar-refractivity contribution in [2.24, 2.45) is 5.92 Å². The smallest absolute Gasteiger partial charge is 0.255 e. The van der Waals surface area contributed by atoms with Crippen LogP contribution in [0.15, 0.2) is 55.2 Å². The van der Waals surface area contributed by atoms with Gasteiger partial charge in [-0.15, -0.1) is 0 Å². The number of nitrogens with one attached hydrogen (secondary N) is 3. The zero-order valence-electron chi connectivity index (χ0n) is 23.0. The summed E-state index contributed by atoms with van der Waals surface area (Å²) >= 11 is 0. The average Bonchev–Trinajstić information content (AvgIpc) is 3.59. The van der Waals surface area contributed by atoms with Gasteiger partial charge in [-0.3, -0.25) is 4.79 Å². The van der Waals surface area contributed by atoms with Crippen molar-refractivity contribution in [1.29, 1.82) is 0 Å². The molecule has 1 amide bonds. The number of carbonyl (C=O) groups is 1. The van der Waals surface area contributed by atoms with Gasteiger partial charge in [0, 0.05) is 75.1 Å². The van der Waals surface area contributed by atoms with E-state index in [0.717, 1.165) is 54.2 Å². The van der Waals surface area contributed by atoms with E-state index in [1.54, 1.807) is 23.1 Å². The molecular formula is C29H30F2N10O. The summed E-state index contributed by atoms with van der Waals surface area (Å²) in [5, 5.41) is 11.1. The van der Waals surface area contributed by atoms with E-state index in [9.17, 15) is 13.6 Å². The number of aromatic amines is 1. The molecule has 0 atom stereocenters. The maximum Gasteiger partial charge on any atom is 0.255 e. The van der Waals surface area contributed by atoms with Crippen molar-refractivity contribution in [3.05, 3.63) is 60.8 Å². The van der Waals surface area contributed by atoms with Crippen molar-refractivity contribution in [1.82, 2.24) is 39.8 Å². The van der Waals surface area contributed by atoms with Crippen molar-refractivity contribution in [3.63, 3.8) is 0 Å². The number of fused-ring (bicyclic) bond motifs is 2. The molecule has 2 aliphatic rings. The Labute approximate surface area is 240 Å². The summed E-state index contributed by atoms with van der Waals surface area (Å²) in [4.78, 5) is 34.4. The second kappa shape index (κ2) is 10.3. The number of H-pyrrole nitrogens is 1. The van der Waals surface area contributed by atoms with Crippen LogP contribution < -0.4 is 15.5 Å². The first-order chi connectivity index (χ1) is 20.3.